The fraction of sp³-hybridized carbons (Fsp3) is 0.244. The molecule has 4 heterocycles. The zero-order valence-electron chi connectivity index (χ0n) is 57.6. The summed E-state index contributed by atoms with van der Waals surface area (Å²) in [5, 5.41) is 31.4. The molecular weight excluding hydrogens is 1360 g/mol. The maximum absolute atomic E-state index is 14.1. The van der Waals surface area contributed by atoms with Gasteiger partial charge in [-0.15, -0.1) is 46.9 Å². The van der Waals surface area contributed by atoms with E-state index >= 15 is 0 Å². The van der Waals surface area contributed by atoms with Gasteiger partial charge < -0.3 is 41.7 Å². The topological polar surface area (TPSA) is 75.9 Å². The van der Waals surface area contributed by atoms with Gasteiger partial charge in [-0.05, 0) is 131 Å². The summed E-state index contributed by atoms with van der Waals surface area (Å²) >= 11 is 2.74. The molecule has 4 aromatic heterocycles. The molecule has 12 heteroatoms. The molecule has 12 aromatic rings. The molecule has 4 N–H and O–H groups in total. The van der Waals surface area contributed by atoms with Crippen LogP contribution in [-0.2, 0) is 74.1 Å². The largest absolute Gasteiger partial charge is 4.00 e. The standard InChI is InChI=1S/2C31H32FNO2S.2C7H7.2C3H7.2Zr/c2*1-30(2,3)18-8-11-24-21(14-18)22-15-19(31(4,5)6)9-12-25(22)33(24)26-17-36-29(28(26)34)23-16-20(32)10-13-27(23)35-7;2*1-7-5-3-2-4-6-7;2*1-3-2;;/h2*8-17,34-35H,7H2,1-6H3;2*2-6H,1H2;2*3H,1-2H3;;/q;;4*-1;;+4. The number of ether oxygens (including phenoxy) is 2. The van der Waals surface area contributed by atoms with Gasteiger partial charge in [-0.3, -0.25) is 0 Å². The van der Waals surface area contributed by atoms with Crippen LogP contribution in [0.3, 0.4) is 0 Å². The molecule has 94 heavy (non-hydrogen) atoms. The number of aromatic hydroxyl groups is 4. The number of hydrogen-bond donors (Lipinski definition) is 2. The van der Waals surface area contributed by atoms with Crippen LogP contribution in [0.15, 0.2) is 181 Å². The second kappa shape index (κ2) is 33.3. The van der Waals surface area contributed by atoms with Gasteiger partial charge >= 0.3 is 26.2 Å². The number of halogens is 2. The molecule has 0 atom stereocenters. The van der Waals surface area contributed by atoms with E-state index in [0.29, 0.717) is 43.8 Å². The third-order valence-electron chi connectivity index (χ3n) is 15.4. The summed E-state index contributed by atoms with van der Waals surface area (Å²) < 4.78 is 40.5. The van der Waals surface area contributed by atoms with Crippen LogP contribution >= 0.6 is 22.7 Å². The summed E-state index contributed by atoms with van der Waals surface area (Å²) in [4.78, 5) is 1.14. The van der Waals surface area contributed by atoms with Gasteiger partial charge in [0.05, 0.1) is 54.3 Å². The van der Waals surface area contributed by atoms with Crippen molar-refractivity contribution < 1.29 is 80.9 Å². The Kier molecular flexibility index (Phi) is 27.7. The maximum atomic E-state index is 14.1. The Morgan fingerprint density at radius 2 is 0.660 bits per heavy atom. The summed E-state index contributed by atoms with van der Waals surface area (Å²) in [7, 11) is 7.23. The van der Waals surface area contributed by atoms with Crippen LogP contribution in [0.5, 0.6) is 23.0 Å². The van der Waals surface area contributed by atoms with Gasteiger partial charge in [-0.2, -0.15) is 76.9 Å². The van der Waals surface area contributed by atoms with Crippen molar-refractivity contribution >= 4 is 66.3 Å². The fourth-order valence-corrected chi connectivity index (χ4v) is 12.3. The minimum Gasteiger partial charge on any atom is -0.721 e. The number of benzene rings is 8. The molecule has 0 bridgehead atoms. The van der Waals surface area contributed by atoms with E-state index < -0.39 is 0 Å². The molecule has 12 rings (SSSR count). The van der Waals surface area contributed by atoms with Crippen LogP contribution in [0.25, 0.3) is 75.9 Å². The molecule has 0 fully saturated rings. The molecule has 0 saturated heterocycles. The van der Waals surface area contributed by atoms with Gasteiger partial charge in [0.2, 0.25) is 11.5 Å². The Morgan fingerprint density at radius 3 is 0.872 bits per heavy atom. The van der Waals surface area contributed by atoms with Gasteiger partial charge in [0.15, 0.2) is 11.5 Å². The quantitative estimate of drug-likeness (QED) is 0.129. The third-order valence-corrected chi connectivity index (χ3v) is 17.4. The van der Waals surface area contributed by atoms with Crippen molar-refractivity contribution in [3.05, 3.63) is 267 Å². The summed E-state index contributed by atoms with van der Waals surface area (Å²) in [6.45, 7) is 42.0. The number of fused-ring (bicyclic) bond motifs is 6. The van der Waals surface area contributed by atoms with Crippen LogP contribution in [0.4, 0.5) is 8.78 Å². The molecule has 488 valence electrons. The zero-order chi connectivity index (χ0) is 67.6. The molecule has 0 amide bonds. The first kappa shape index (κ1) is 78.0. The van der Waals surface area contributed by atoms with Crippen LogP contribution in [-0.4, -0.2) is 28.8 Å². The molecular formula is C82H92F2N2O4S2Zr2. The summed E-state index contributed by atoms with van der Waals surface area (Å²) in [5.74, 6) is 0.517. The second-order valence-corrected chi connectivity index (χ2v) is 28.7. The Hall–Kier alpha value is -6.67. The van der Waals surface area contributed by atoms with Crippen LogP contribution < -0.4 is 0 Å². The van der Waals surface area contributed by atoms with Crippen molar-refractivity contribution in [2.45, 2.75) is 132 Å². The molecule has 8 aromatic carbocycles. The monoisotopic (exact) mass is 1450 g/mol. The Bertz CT molecular complexity index is 4000. The molecule has 0 saturated carbocycles. The van der Waals surface area contributed by atoms with E-state index in [9.17, 15) is 19.0 Å². The predicted octanol–water partition coefficient (Wildman–Crippen LogP) is 24.2. The molecule has 6 nitrogen and oxygen atoms in total. The predicted molar refractivity (Wildman–Crippen MR) is 393 cm³/mol. The summed E-state index contributed by atoms with van der Waals surface area (Å²) in [6, 6.07) is 54.7. The van der Waals surface area contributed by atoms with Crippen LogP contribution in [0.2, 0.25) is 0 Å². The number of aromatic nitrogens is 2. The minimum absolute atomic E-state index is 0. The first-order valence-electron chi connectivity index (χ1n) is 31.0. The van der Waals surface area contributed by atoms with E-state index in [1.165, 1.54) is 69.2 Å². The van der Waals surface area contributed by atoms with Crippen molar-refractivity contribution in [2.75, 3.05) is 0 Å². The van der Waals surface area contributed by atoms with E-state index in [1.807, 2.05) is 112 Å². The van der Waals surface area contributed by atoms with Crippen LogP contribution in [0, 0.1) is 52.5 Å². The van der Waals surface area contributed by atoms with E-state index in [4.69, 9.17) is 0 Å². The van der Waals surface area contributed by atoms with Gasteiger partial charge in [0.25, 0.3) is 0 Å². The van der Waals surface area contributed by atoms with E-state index in [2.05, 4.69) is 203 Å². The molecule has 0 spiro atoms. The van der Waals surface area contributed by atoms with Gasteiger partial charge in [0.1, 0.15) is 11.6 Å². The number of hydrogen-bond acceptors (Lipinski definition) is 4. The van der Waals surface area contributed by atoms with E-state index in [-0.39, 0.29) is 97.2 Å². The Balaban J connectivity index is 0.000000259. The van der Waals surface area contributed by atoms with Crippen molar-refractivity contribution in [3.8, 4) is 55.3 Å². The summed E-state index contributed by atoms with van der Waals surface area (Å²) in [5.41, 5.74) is 13.7. The first-order valence-corrected chi connectivity index (χ1v) is 32.7. The molecule has 0 aliphatic rings. The minimum atomic E-state index is -0.381. The fourth-order valence-electron chi connectivity index (χ4n) is 10.4. The first-order chi connectivity index (χ1) is 43.4. The third kappa shape index (κ3) is 18.5. The number of thiophene rings is 2. The number of nitrogens with zero attached hydrogens (tertiary/aromatic N) is 2. The Morgan fingerprint density at radius 1 is 0.404 bits per heavy atom. The van der Waals surface area contributed by atoms with E-state index in [1.54, 1.807) is 12.1 Å². The van der Waals surface area contributed by atoms with Crippen molar-refractivity contribution in [3.63, 3.8) is 0 Å². The van der Waals surface area contributed by atoms with E-state index in [0.717, 1.165) is 54.7 Å². The normalized spacial score (nSPS) is 11.3. The molecule has 0 radical (unpaired) electrons. The van der Waals surface area contributed by atoms with Crippen molar-refractivity contribution in [1.82, 2.24) is 9.13 Å². The Labute approximate surface area is 605 Å². The smallest absolute Gasteiger partial charge is 0.721 e. The number of aliphatic hydroxyl groups is 2. The molecule has 0 aliphatic carbocycles. The van der Waals surface area contributed by atoms with Crippen molar-refractivity contribution in [2.24, 2.45) is 0 Å². The SMILES string of the molecule is C[CH-]C.C[CH-]C.[CH2-][OH+]c1ccc(F)cc1-c1scc(-n2c3ccc(C(C)(C)C)cc3c3cc(C(C)(C)C)ccc32)c1O.[CH2-][OH+]c1ccc(F)cc1-c1scc(-n2c3ccc(C(C)(C)C)cc3c3cc(C(C)(C)C)ccc32)c1O.[CH2-]c1ccccc1.[CH2-]c1ccccc1.[Zr+4].[Zr]. The second-order valence-electron chi connectivity index (χ2n) is 27.0. The molecule has 0 aliphatic heterocycles. The average molecular weight is 1450 g/mol. The number of rotatable bonds is 6. The van der Waals surface area contributed by atoms with Gasteiger partial charge in [0, 0.05) is 70.6 Å². The van der Waals surface area contributed by atoms with Gasteiger partial charge in [-0.1, -0.05) is 119 Å². The zero-order valence-corrected chi connectivity index (χ0v) is 64.1. The summed E-state index contributed by atoms with van der Waals surface area (Å²) in [6.07, 6.45) is 4.00. The van der Waals surface area contributed by atoms with Crippen molar-refractivity contribution in [1.29, 1.82) is 0 Å². The maximum Gasteiger partial charge on any atom is 4.00 e. The average Bonchev–Trinajstić information content (AvgIpc) is 1.58. The molecule has 0 unspecified atom stereocenters. The van der Waals surface area contributed by atoms with Crippen LogP contribution in [0.1, 0.15) is 144 Å². The van der Waals surface area contributed by atoms with Gasteiger partial charge in [-0.25, -0.2) is 8.78 Å².